The van der Waals surface area contributed by atoms with Crippen LogP contribution < -0.4 is 4.74 Å². The minimum Gasteiger partial charge on any atom is -0.506 e. The summed E-state index contributed by atoms with van der Waals surface area (Å²) in [6.45, 7) is 0. The number of phenolic OH excluding ortho intramolecular Hbond substituents is 1. The quantitative estimate of drug-likeness (QED) is 0.885. The molecule has 0 atom stereocenters. The van der Waals surface area contributed by atoms with Gasteiger partial charge in [-0.1, -0.05) is 17.8 Å². The summed E-state index contributed by atoms with van der Waals surface area (Å²) in [5, 5.41) is 10.3. The number of pyridine rings is 1. The number of thioether (sulfide) groups is 1. The summed E-state index contributed by atoms with van der Waals surface area (Å²) < 4.78 is 5.21. The maximum absolute atomic E-state index is 11.6. The number of hydrogen-bond donors (Lipinski definition) is 1. The van der Waals surface area contributed by atoms with Crippen LogP contribution in [0.5, 0.6) is 11.5 Å². The lowest BCUT2D eigenvalue weighted by Gasteiger charge is -2.08. The molecule has 0 amide bonds. The maximum Gasteiger partial charge on any atom is 0.237 e. The summed E-state index contributed by atoms with van der Waals surface area (Å²) in [5.74, 6) is 0.569. The molecule has 0 aliphatic carbocycles. The Labute approximate surface area is 103 Å². The number of ether oxygens (including phenoxy) is 1. The van der Waals surface area contributed by atoms with E-state index in [2.05, 4.69) is 4.98 Å². The fourth-order valence-electron chi connectivity index (χ4n) is 1.58. The maximum atomic E-state index is 11.6. The monoisotopic (exact) mass is 249 g/mol. The predicted molar refractivity (Wildman–Crippen MR) is 67.8 cm³/mol. The molecule has 0 fully saturated rings. The number of hydrogen-bond acceptors (Lipinski definition) is 5. The first-order valence-electron chi connectivity index (χ1n) is 4.92. The zero-order valence-corrected chi connectivity index (χ0v) is 10.2. The molecule has 0 aliphatic heterocycles. The number of rotatable bonds is 2. The minimum absolute atomic E-state index is 0.0385. The zero-order chi connectivity index (χ0) is 12.4. The molecule has 0 saturated heterocycles. The van der Waals surface area contributed by atoms with Gasteiger partial charge in [0.1, 0.15) is 22.7 Å². The van der Waals surface area contributed by atoms with E-state index in [1.54, 1.807) is 24.5 Å². The summed E-state index contributed by atoms with van der Waals surface area (Å²) in [5.41, 5.74) is 0.660. The molecule has 0 aliphatic rings. The summed E-state index contributed by atoms with van der Waals surface area (Å²) in [6.07, 6.45) is 1.69. The molecule has 5 heteroatoms. The summed E-state index contributed by atoms with van der Waals surface area (Å²) in [7, 11) is 1.52. The van der Waals surface area contributed by atoms with Gasteiger partial charge < -0.3 is 9.84 Å². The molecule has 1 N–H and O–H groups in total. The topological polar surface area (TPSA) is 59.4 Å². The molecule has 0 spiro atoms. The lowest BCUT2D eigenvalue weighted by atomic mass is 10.1. The van der Waals surface area contributed by atoms with Gasteiger partial charge in [0.15, 0.2) is 0 Å². The van der Waals surface area contributed by atoms with Gasteiger partial charge in [0.2, 0.25) is 5.12 Å². The molecule has 4 nitrogen and oxygen atoms in total. The van der Waals surface area contributed by atoms with Gasteiger partial charge in [0, 0.05) is 11.5 Å². The molecule has 0 bridgehead atoms. The van der Waals surface area contributed by atoms with Gasteiger partial charge >= 0.3 is 0 Å². The average Bonchev–Trinajstić information content (AvgIpc) is 2.37. The Hall–Kier alpha value is -1.75. The van der Waals surface area contributed by atoms with Crippen LogP contribution in [0.15, 0.2) is 24.3 Å². The van der Waals surface area contributed by atoms with Crippen molar-refractivity contribution in [2.45, 2.75) is 0 Å². The molecule has 2 rings (SSSR count). The molecule has 0 unspecified atom stereocenters. The van der Waals surface area contributed by atoms with E-state index in [1.807, 2.05) is 0 Å². The first-order chi connectivity index (χ1) is 8.17. The molecule has 1 aromatic heterocycles. The fourth-order valence-corrected chi connectivity index (χ4v) is 1.89. The second-order valence-corrected chi connectivity index (χ2v) is 4.15. The van der Waals surface area contributed by atoms with Crippen molar-refractivity contribution in [3.05, 3.63) is 30.0 Å². The van der Waals surface area contributed by atoms with Crippen molar-refractivity contribution in [1.82, 2.24) is 4.98 Å². The number of fused-ring (bicyclic) bond motifs is 1. The van der Waals surface area contributed by atoms with Crippen molar-refractivity contribution in [2.75, 3.05) is 13.4 Å². The second-order valence-electron chi connectivity index (χ2n) is 3.37. The van der Waals surface area contributed by atoms with Crippen molar-refractivity contribution >= 4 is 27.8 Å². The average molecular weight is 249 g/mol. The van der Waals surface area contributed by atoms with Crippen LogP contribution in [0.3, 0.4) is 0 Å². The van der Waals surface area contributed by atoms with Crippen LogP contribution in [0, 0.1) is 0 Å². The van der Waals surface area contributed by atoms with E-state index in [0.29, 0.717) is 16.7 Å². The zero-order valence-electron chi connectivity index (χ0n) is 9.43. The summed E-state index contributed by atoms with van der Waals surface area (Å²) in [6, 6.07) is 6.61. The van der Waals surface area contributed by atoms with Crippen LogP contribution in [-0.2, 0) is 0 Å². The molecular weight excluding hydrogens is 238 g/mol. The van der Waals surface area contributed by atoms with E-state index in [9.17, 15) is 9.90 Å². The molecule has 0 saturated carbocycles. The molecule has 2 aromatic rings. The van der Waals surface area contributed by atoms with Crippen LogP contribution in [0.4, 0.5) is 0 Å². The number of carbonyl (C=O) groups is 1. The standard InChI is InChI=1S/C12H11NO3S/c1-16-10-6-8(12(15)17-2)13-11-7(10)4-3-5-9(11)14/h3-6,14H,1-2H3. The normalized spacial score (nSPS) is 10.5. The number of aromatic nitrogens is 1. The van der Waals surface area contributed by atoms with Crippen LogP contribution in [0.25, 0.3) is 10.9 Å². The van der Waals surface area contributed by atoms with Crippen LogP contribution >= 0.6 is 11.8 Å². The van der Waals surface area contributed by atoms with Gasteiger partial charge in [-0.15, -0.1) is 0 Å². The molecular formula is C12H11NO3S. The lowest BCUT2D eigenvalue weighted by Crippen LogP contribution is -1.99. The highest BCUT2D eigenvalue weighted by Crippen LogP contribution is 2.31. The molecule has 88 valence electrons. The third-order valence-electron chi connectivity index (χ3n) is 2.39. The van der Waals surface area contributed by atoms with Gasteiger partial charge in [0.05, 0.1) is 7.11 Å². The third kappa shape index (κ3) is 2.06. The number of aromatic hydroxyl groups is 1. The summed E-state index contributed by atoms with van der Waals surface area (Å²) >= 11 is 1.07. The first-order valence-corrected chi connectivity index (χ1v) is 6.15. The van der Waals surface area contributed by atoms with Gasteiger partial charge in [-0.25, -0.2) is 4.98 Å². The number of methoxy groups -OCH3 is 1. The van der Waals surface area contributed by atoms with Gasteiger partial charge in [-0.05, 0) is 18.4 Å². The van der Waals surface area contributed by atoms with E-state index in [4.69, 9.17) is 4.74 Å². The lowest BCUT2D eigenvalue weighted by molar-refractivity contribution is 0.108. The molecule has 0 radical (unpaired) electrons. The van der Waals surface area contributed by atoms with Crippen LogP contribution in [0.1, 0.15) is 10.5 Å². The van der Waals surface area contributed by atoms with E-state index in [0.717, 1.165) is 11.8 Å². The SMILES string of the molecule is COc1cc(C(=O)SC)nc2c(O)cccc12. The number of benzene rings is 1. The fraction of sp³-hybridized carbons (Fsp3) is 0.167. The Bertz CT molecular complexity index is 583. The van der Waals surface area contributed by atoms with E-state index in [1.165, 1.54) is 13.2 Å². The highest BCUT2D eigenvalue weighted by molar-refractivity contribution is 8.13. The highest BCUT2D eigenvalue weighted by atomic mass is 32.2. The Balaban J connectivity index is 2.76. The van der Waals surface area contributed by atoms with Crippen molar-refractivity contribution in [3.63, 3.8) is 0 Å². The number of carbonyl (C=O) groups excluding carboxylic acids is 1. The van der Waals surface area contributed by atoms with E-state index >= 15 is 0 Å². The van der Waals surface area contributed by atoms with E-state index < -0.39 is 0 Å². The largest absolute Gasteiger partial charge is 0.506 e. The predicted octanol–water partition coefficient (Wildman–Crippen LogP) is 2.45. The molecule has 1 heterocycles. The Morgan fingerprint density at radius 1 is 1.47 bits per heavy atom. The van der Waals surface area contributed by atoms with E-state index in [-0.39, 0.29) is 16.6 Å². The van der Waals surface area contributed by atoms with Crippen molar-refractivity contribution in [2.24, 2.45) is 0 Å². The Morgan fingerprint density at radius 2 is 2.24 bits per heavy atom. The van der Waals surface area contributed by atoms with Gasteiger partial charge in [0.25, 0.3) is 0 Å². The third-order valence-corrected chi connectivity index (χ3v) is 2.97. The highest BCUT2D eigenvalue weighted by Gasteiger charge is 2.13. The summed E-state index contributed by atoms with van der Waals surface area (Å²) in [4.78, 5) is 15.8. The van der Waals surface area contributed by atoms with Crippen LogP contribution in [0.2, 0.25) is 0 Å². The number of para-hydroxylation sites is 1. The number of phenols is 1. The van der Waals surface area contributed by atoms with Crippen molar-refractivity contribution in [1.29, 1.82) is 0 Å². The molecule has 1 aromatic carbocycles. The second kappa shape index (κ2) is 4.63. The Morgan fingerprint density at radius 3 is 2.88 bits per heavy atom. The Kier molecular flexibility index (Phi) is 3.19. The van der Waals surface area contributed by atoms with Gasteiger partial charge in [-0.2, -0.15) is 0 Å². The first kappa shape index (κ1) is 11.7. The minimum atomic E-state index is -0.159. The number of nitrogens with zero attached hydrogens (tertiary/aromatic N) is 1. The van der Waals surface area contributed by atoms with Crippen molar-refractivity contribution < 1.29 is 14.6 Å². The molecule has 17 heavy (non-hydrogen) atoms. The van der Waals surface area contributed by atoms with Crippen LogP contribution in [-0.4, -0.2) is 28.6 Å². The van der Waals surface area contributed by atoms with Crippen molar-refractivity contribution in [3.8, 4) is 11.5 Å². The smallest absolute Gasteiger partial charge is 0.237 e. The van der Waals surface area contributed by atoms with Gasteiger partial charge in [-0.3, -0.25) is 4.79 Å².